The van der Waals surface area contributed by atoms with Crippen molar-refractivity contribution < 1.29 is 43.9 Å². The second kappa shape index (κ2) is 24.6. The maximum atomic E-state index is 11.5. The summed E-state index contributed by atoms with van der Waals surface area (Å²) in [4.78, 5) is 34.5. The van der Waals surface area contributed by atoms with E-state index in [-0.39, 0.29) is 41.2 Å². The Bertz CT molecular complexity index is 1350. The van der Waals surface area contributed by atoms with Crippen LogP contribution in [0.3, 0.4) is 0 Å². The van der Waals surface area contributed by atoms with Crippen molar-refractivity contribution in [2.45, 2.75) is 86.5 Å². The lowest BCUT2D eigenvalue weighted by molar-refractivity contribution is -0.143. The van der Waals surface area contributed by atoms with Crippen LogP contribution in [0.15, 0.2) is 72.8 Å². The molecule has 3 aromatic rings. The van der Waals surface area contributed by atoms with Crippen molar-refractivity contribution in [3.8, 4) is 17.2 Å². The zero-order valence-corrected chi connectivity index (χ0v) is 30.0. The maximum Gasteiger partial charge on any atom is 0.341 e. The first-order chi connectivity index (χ1) is 23.3. The number of benzene rings is 3. The molecular formula is C40H56O9. The van der Waals surface area contributed by atoms with Gasteiger partial charge in [0.05, 0.1) is 31.8 Å². The van der Waals surface area contributed by atoms with Crippen LogP contribution in [0.5, 0.6) is 17.2 Å². The van der Waals surface area contributed by atoms with E-state index in [2.05, 4.69) is 41.5 Å². The van der Waals surface area contributed by atoms with Crippen molar-refractivity contribution in [3.05, 3.63) is 89.5 Å². The summed E-state index contributed by atoms with van der Waals surface area (Å²) in [6.07, 6.45) is 6.10. The molecule has 0 aromatic heterocycles. The lowest BCUT2D eigenvalue weighted by Crippen LogP contribution is -2.09. The minimum absolute atomic E-state index is 0.0311. The van der Waals surface area contributed by atoms with Crippen molar-refractivity contribution in [2.24, 2.45) is 17.8 Å². The van der Waals surface area contributed by atoms with Gasteiger partial charge in [-0.05, 0) is 110 Å². The third-order valence-electron chi connectivity index (χ3n) is 7.02. The van der Waals surface area contributed by atoms with Crippen LogP contribution in [0.1, 0.15) is 106 Å². The molecule has 0 saturated carbocycles. The smallest absolute Gasteiger partial charge is 0.341 e. The van der Waals surface area contributed by atoms with E-state index in [1.54, 1.807) is 54.6 Å². The molecule has 9 nitrogen and oxygen atoms in total. The zero-order valence-electron chi connectivity index (χ0n) is 30.0. The second-order valence-electron chi connectivity index (χ2n) is 13.0. The fraction of sp³-hybridized carbons (Fsp3) is 0.475. The summed E-state index contributed by atoms with van der Waals surface area (Å²) >= 11 is 0. The lowest BCUT2D eigenvalue weighted by Gasteiger charge is -2.07. The molecule has 3 aromatic carbocycles. The summed E-state index contributed by atoms with van der Waals surface area (Å²) in [7, 11) is 0. The van der Waals surface area contributed by atoms with Gasteiger partial charge in [-0.3, -0.25) is 4.79 Å². The Morgan fingerprint density at radius 3 is 1.45 bits per heavy atom. The summed E-state index contributed by atoms with van der Waals surface area (Å²) in [5.74, 6) is 1.22. The third kappa shape index (κ3) is 21.1. The van der Waals surface area contributed by atoms with Gasteiger partial charge in [-0.1, -0.05) is 65.8 Å². The topological polar surface area (TPSA) is 140 Å². The summed E-state index contributed by atoms with van der Waals surface area (Å²) < 4.78 is 15.3. The second-order valence-corrected chi connectivity index (χ2v) is 13.0. The molecule has 0 aliphatic heterocycles. The number of ether oxygens (including phenoxy) is 3. The third-order valence-corrected chi connectivity index (χ3v) is 7.02. The van der Waals surface area contributed by atoms with Gasteiger partial charge in [0.15, 0.2) is 0 Å². The van der Waals surface area contributed by atoms with Gasteiger partial charge in [-0.15, -0.1) is 0 Å². The number of aromatic hydroxyl groups is 3. The standard InChI is InChI=1S/C14H20O3.2C13H18O3/c1-11(2)4-3-9-17-14(16)10-12-5-7-13(15)8-6-12;1-10(2)4-3-9-16-13(15)11-5-7-12(14)8-6-11;1-10(2)6-5-9-16-13(15)11-7-3-4-8-12(11)14/h5-8,11,15H,3-4,9-10H2,1-2H3;5-8,10,14H,3-4,9H2,1-2H3;3-4,7-8,10,14H,5-6,9H2,1-2H3. The minimum Gasteiger partial charge on any atom is -0.508 e. The Balaban J connectivity index is 0.000000368. The van der Waals surface area contributed by atoms with Gasteiger partial charge in [-0.25, -0.2) is 9.59 Å². The number of hydrogen-bond donors (Lipinski definition) is 3. The molecule has 0 amide bonds. The molecule has 3 N–H and O–H groups in total. The van der Waals surface area contributed by atoms with Gasteiger partial charge >= 0.3 is 17.9 Å². The number of phenols is 3. The Kier molecular flexibility index (Phi) is 21.3. The highest BCUT2D eigenvalue weighted by atomic mass is 16.5. The number of carbonyl (C=O) groups excluding carboxylic acids is 3. The van der Waals surface area contributed by atoms with E-state index in [4.69, 9.17) is 24.4 Å². The Labute approximate surface area is 292 Å². The largest absolute Gasteiger partial charge is 0.508 e. The van der Waals surface area contributed by atoms with E-state index in [0.29, 0.717) is 43.1 Å². The summed E-state index contributed by atoms with van der Waals surface area (Å²) in [6.45, 7) is 14.2. The molecule has 0 saturated heterocycles. The van der Waals surface area contributed by atoms with Crippen LogP contribution in [0, 0.1) is 17.8 Å². The number of carbonyl (C=O) groups is 3. The number of esters is 3. The fourth-order valence-electron chi connectivity index (χ4n) is 4.23. The van der Waals surface area contributed by atoms with Crippen LogP contribution in [0.4, 0.5) is 0 Å². The van der Waals surface area contributed by atoms with Crippen molar-refractivity contribution in [1.82, 2.24) is 0 Å². The van der Waals surface area contributed by atoms with Gasteiger partial charge in [0.2, 0.25) is 0 Å². The predicted octanol–water partition coefficient (Wildman–Crippen LogP) is 8.88. The molecule has 0 unspecified atom stereocenters. The Morgan fingerprint density at radius 1 is 0.551 bits per heavy atom. The van der Waals surface area contributed by atoms with E-state index in [1.165, 1.54) is 18.2 Å². The molecule has 0 bridgehead atoms. The highest BCUT2D eigenvalue weighted by molar-refractivity contribution is 5.92. The SMILES string of the molecule is CC(C)CCCOC(=O)Cc1ccc(O)cc1.CC(C)CCCOC(=O)c1ccc(O)cc1.CC(C)CCCOC(=O)c1ccccc1O. The highest BCUT2D eigenvalue weighted by Gasteiger charge is 2.11. The van der Waals surface area contributed by atoms with Gasteiger partial charge < -0.3 is 29.5 Å². The van der Waals surface area contributed by atoms with E-state index in [0.717, 1.165) is 44.1 Å². The van der Waals surface area contributed by atoms with Gasteiger partial charge in [0.1, 0.15) is 22.8 Å². The van der Waals surface area contributed by atoms with E-state index in [9.17, 15) is 19.5 Å². The lowest BCUT2D eigenvalue weighted by atomic mass is 10.1. The molecule has 0 radical (unpaired) electrons. The molecule has 0 atom stereocenters. The van der Waals surface area contributed by atoms with Crippen LogP contribution in [0.2, 0.25) is 0 Å². The molecule has 49 heavy (non-hydrogen) atoms. The number of hydrogen-bond acceptors (Lipinski definition) is 9. The van der Waals surface area contributed by atoms with Gasteiger partial charge in [0.25, 0.3) is 0 Å². The molecule has 0 aliphatic carbocycles. The molecule has 270 valence electrons. The highest BCUT2D eigenvalue weighted by Crippen LogP contribution is 2.17. The van der Waals surface area contributed by atoms with Crippen molar-refractivity contribution >= 4 is 17.9 Å². The van der Waals surface area contributed by atoms with Crippen molar-refractivity contribution in [3.63, 3.8) is 0 Å². The number of phenolic OH excluding ortho intramolecular Hbond substituents is 3. The average Bonchev–Trinajstić information content (AvgIpc) is 3.05. The summed E-state index contributed by atoms with van der Waals surface area (Å²) in [5.41, 5.74) is 1.56. The maximum absolute atomic E-state index is 11.5. The molecule has 3 rings (SSSR count). The predicted molar refractivity (Wildman–Crippen MR) is 192 cm³/mol. The number of para-hydroxylation sites is 1. The monoisotopic (exact) mass is 680 g/mol. The van der Waals surface area contributed by atoms with Gasteiger partial charge in [0, 0.05) is 0 Å². The zero-order chi connectivity index (χ0) is 36.6. The first kappa shape index (κ1) is 42.5. The van der Waals surface area contributed by atoms with Crippen LogP contribution >= 0.6 is 0 Å². The normalized spacial score (nSPS) is 10.5. The fourth-order valence-corrected chi connectivity index (χ4v) is 4.23. The van der Waals surface area contributed by atoms with Crippen LogP contribution in [-0.2, 0) is 25.4 Å². The Morgan fingerprint density at radius 2 is 0.980 bits per heavy atom. The quantitative estimate of drug-likeness (QED) is 0.0769. The minimum atomic E-state index is -0.457. The molecular weight excluding hydrogens is 624 g/mol. The molecule has 0 aliphatic rings. The average molecular weight is 681 g/mol. The number of rotatable bonds is 16. The van der Waals surface area contributed by atoms with E-state index >= 15 is 0 Å². The summed E-state index contributed by atoms with van der Waals surface area (Å²) in [5, 5.41) is 27.6. The van der Waals surface area contributed by atoms with Crippen molar-refractivity contribution in [2.75, 3.05) is 19.8 Å². The van der Waals surface area contributed by atoms with Crippen LogP contribution in [-0.4, -0.2) is 53.0 Å². The van der Waals surface area contributed by atoms with Crippen LogP contribution in [0.25, 0.3) is 0 Å². The van der Waals surface area contributed by atoms with Crippen LogP contribution < -0.4 is 0 Å². The van der Waals surface area contributed by atoms with Gasteiger partial charge in [-0.2, -0.15) is 0 Å². The Hall–Kier alpha value is -4.53. The molecule has 0 spiro atoms. The molecule has 0 heterocycles. The van der Waals surface area contributed by atoms with E-state index in [1.807, 2.05) is 0 Å². The first-order valence-corrected chi connectivity index (χ1v) is 17.1. The molecule has 0 fully saturated rings. The first-order valence-electron chi connectivity index (χ1n) is 17.1. The molecule has 9 heteroatoms. The summed E-state index contributed by atoms with van der Waals surface area (Å²) in [6, 6.07) is 19.1. The van der Waals surface area contributed by atoms with Crippen molar-refractivity contribution in [1.29, 1.82) is 0 Å². The van der Waals surface area contributed by atoms with E-state index < -0.39 is 5.97 Å².